The summed E-state index contributed by atoms with van der Waals surface area (Å²) >= 11 is 0. The highest BCUT2D eigenvalue weighted by molar-refractivity contribution is 5.88. The Balaban J connectivity index is 1.93. The van der Waals surface area contributed by atoms with E-state index in [1.807, 2.05) is 13.8 Å². The number of ether oxygens (including phenoxy) is 1. The van der Waals surface area contributed by atoms with Gasteiger partial charge in [0, 0.05) is 26.2 Å². The number of rotatable bonds is 5. The molecule has 4 amide bonds. The molecular weight excluding hydrogens is 355 g/mol. The molecule has 0 aliphatic carbocycles. The molecule has 2 fully saturated rings. The van der Waals surface area contributed by atoms with Gasteiger partial charge in [0.1, 0.15) is 19.4 Å². The lowest BCUT2D eigenvalue weighted by molar-refractivity contribution is -0.126. The molecule has 0 aromatic heterocycles. The summed E-state index contributed by atoms with van der Waals surface area (Å²) in [6.45, 7) is 4.54. The first kappa shape index (κ1) is 21.1. The van der Waals surface area contributed by atoms with Gasteiger partial charge in [-0.3, -0.25) is 9.59 Å². The highest BCUT2D eigenvalue weighted by Gasteiger charge is 2.44. The molecule has 0 radical (unpaired) electrons. The van der Waals surface area contributed by atoms with Gasteiger partial charge in [0.15, 0.2) is 0 Å². The second-order valence-electron chi connectivity index (χ2n) is 7.52. The predicted molar refractivity (Wildman–Crippen MR) is 97.3 cm³/mol. The topological polar surface area (TPSA) is 96.2 Å². The number of carbonyl (C=O) groups excluding carboxylic acids is 3. The Labute approximate surface area is 159 Å². The summed E-state index contributed by atoms with van der Waals surface area (Å²) in [6, 6.07) is -0.898. The number of nitrogens with zero attached hydrogens (tertiary/aromatic N) is 3. The minimum atomic E-state index is -0.682. The lowest BCUT2D eigenvalue weighted by atomic mass is 9.91. The maximum Gasteiger partial charge on any atom is 0.320 e. The van der Waals surface area contributed by atoms with Crippen molar-refractivity contribution < 1.29 is 23.5 Å². The number of piperidine rings is 1. The van der Waals surface area contributed by atoms with Crippen LogP contribution in [0.3, 0.4) is 0 Å². The number of amides is 4. The normalized spacial score (nSPS) is 20.5. The Bertz CT molecular complexity index is 602. The van der Waals surface area contributed by atoms with E-state index in [4.69, 9.17) is 10.5 Å². The summed E-state index contributed by atoms with van der Waals surface area (Å²) < 4.78 is 18.0. The van der Waals surface area contributed by atoms with Gasteiger partial charge in [-0.05, 0) is 24.8 Å². The van der Waals surface area contributed by atoms with Crippen molar-refractivity contribution >= 4 is 17.8 Å². The third-order valence-corrected chi connectivity index (χ3v) is 5.25. The second-order valence-corrected chi connectivity index (χ2v) is 7.52. The van der Waals surface area contributed by atoms with E-state index in [0.717, 1.165) is 0 Å². The molecule has 2 N–H and O–H groups in total. The Kier molecular flexibility index (Phi) is 6.80. The number of hydrogen-bond acceptors (Lipinski definition) is 4. The van der Waals surface area contributed by atoms with Gasteiger partial charge in [-0.1, -0.05) is 13.8 Å². The first-order chi connectivity index (χ1) is 12.7. The van der Waals surface area contributed by atoms with E-state index in [-0.39, 0.29) is 24.6 Å². The smallest absolute Gasteiger partial charge is 0.320 e. The molecule has 152 valence electrons. The zero-order valence-corrected chi connectivity index (χ0v) is 16.2. The molecule has 2 aliphatic heterocycles. The quantitative estimate of drug-likeness (QED) is 0.707. The molecule has 1 unspecified atom stereocenters. The van der Waals surface area contributed by atoms with Gasteiger partial charge in [0.05, 0.1) is 12.1 Å². The Morgan fingerprint density at radius 1 is 1.26 bits per heavy atom. The van der Waals surface area contributed by atoms with Crippen molar-refractivity contribution in [2.45, 2.75) is 38.3 Å². The fourth-order valence-corrected chi connectivity index (χ4v) is 3.76. The van der Waals surface area contributed by atoms with Gasteiger partial charge in [-0.2, -0.15) is 0 Å². The summed E-state index contributed by atoms with van der Waals surface area (Å²) in [4.78, 5) is 41.0. The number of halogens is 1. The van der Waals surface area contributed by atoms with Gasteiger partial charge < -0.3 is 25.2 Å². The van der Waals surface area contributed by atoms with Gasteiger partial charge in [-0.15, -0.1) is 0 Å². The Morgan fingerprint density at radius 3 is 2.41 bits per heavy atom. The monoisotopic (exact) mass is 384 g/mol. The van der Waals surface area contributed by atoms with Crippen molar-refractivity contribution in [1.29, 1.82) is 0 Å². The van der Waals surface area contributed by atoms with Crippen LogP contribution in [-0.4, -0.2) is 84.3 Å². The highest BCUT2D eigenvalue weighted by Crippen LogP contribution is 2.32. The average Bonchev–Trinajstić information content (AvgIpc) is 3.03. The van der Waals surface area contributed by atoms with Crippen molar-refractivity contribution in [3.05, 3.63) is 12.2 Å². The zero-order valence-electron chi connectivity index (χ0n) is 16.2. The van der Waals surface area contributed by atoms with E-state index in [9.17, 15) is 18.8 Å². The number of nitrogens with two attached hydrogens (primary N) is 1. The van der Waals surface area contributed by atoms with E-state index in [2.05, 4.69) is 0 Å². The molecule has 27 heavy (non-hydrogen) atoms. The number of likely N-dealkylation sites (N-methyl/N-ethyl adjacent to an activating group) is 1. The second kappa shape index (κ2) is 8.69. The number of hydrogen-bond donors (Lipinski definition) is 1. The third kappa shape index (κ3) is 4.77. The van der Waals surface area contributed by atoms with Crippen molar-refractivity contribution in [3.8, 4) is 0 Å². The van der Waals surface area contributed by atoms with E-state index in [0.29, 0.717) is 32.5 Å². The number of alkyl halides is 1. The third-order valence-electron chi connectivity index (χ3n) is 5.25. The lowest BCUT2D eigenvalue weighted by Gasteiger charge is -2.40. The lowest BCUT2D eigenvalue weighted by Crippen LogP contribution is -2.56. The summed E-state index contributed by atoms with van der Waals surface area (Å²) in [5.41, 5.74) is 4.96. The van der Waals surface area contributed by atoms with E-state index in [1.165, 1.54) is 22.0 Å². The number of primary amides is 1. The summed E-state index contributed by atoms with van der Waals surface area (Å²) in [6.07, 6.45) is 3.57. The molecule has 1 spiro atoms. The van der Waals surface area contributed by atoms with Crippen molar-refractivity contribution in [3.63, 3.8) is 0 Å². The van der Waals surface area contributed by atoms with Crippen LogP contribution in [0.1, 0.15) is 26.7 Å². The standard InChI is InChI=1S/C18H29FN4O4/c1-13(2)15(16(20)25)21(3)17(26)22-9-6-18(7-10-22)11-23(12-27-18)14(24)5-4-8-19/h4-5,13,15H,6-12H2,1-3H3,(H2,20,25)/b5-4+. The summed E-state index contributed by atoms with van der Waals surface area (Å²) in [7, 11) is 1.59. The molecule has 0 bridgehead atoms. The predicted octanol–water partition coefficient (Wildman–Crippen LogP) is 0.725. The fraction of sp³-hybridized carbons (Fsp3) is 0.722. The minimum absolute atomic E-state index is 0.0808. The Hall–Kier alpha value is -2.16. The van der Waals surface area contributed by atoms with E-state index >= 15 is 0 Å². The molecule has 0 aromatic carbocycles. The molecule has 2 heterocycles. The molecule has 2 saturated heterocycles. The van der Waals surface area contributed by atoms with Crippen molar-refractivity contribution in [2.24, 2.45) is 11.7 Å². The first-order valence-corrected chi connectivity index (χ1v) is 9.17. The molecule has 0 aromatic rings. The highest BCUT2D eigenvalue weighted by atomic mass is 19.1. The minimum Gasteiger partial charge on any atom is -0.368 e. The van der Waals surface area contributed by atoms with Crippen LogP contribution in [0.15, 0.2) is 12.2 Å². The van der Waals surface area contributed by atoms with Gasteiger partial charge >= 0.3 is 6.03 Å². The molecule has 2 rings (SSSR count). The van der Waals surface area contributed by atoms with Gasteiger partial charge in [0.25, 0.3) is 0 Å². The van der Waals surface area contributed by atoms with Crippen LogP contribution in [-0.2, 0) is 14.3 Å². The van der Waals surface area contributed by atoms with Crippen LogP contribution in [0, 0.1) is 5.92 Å². The van der Waals surface area contributed by atoms with E-state index in [1.54, 1.807) is 11.9 Å². The van der Waals surface area contributed by atoms with Crippen LogP contribution in [0.5, 0.6) is 0 Å². The van der Waals surface area contributed by atoms with Crippen LogP contribution in [0.4, 0.5) is 9.18 Å². The molecule has 9 heteroatoms. The van der Waals surface area contributed by atoms with Gasteiger partial charge in [-0.25, -0.2) is 9.18 Å². The Morgan fingerprint density at radius 2 is 1.89 bits per heavy atom. The van der Waals surface area contributed by atoms with Gasteiger partial charge in [0.2, 0.25) is 11.8 Å². The fourth-order valence-electron chi connectivity index (χ4n) is 3.76. The number of likely N-dealkylation sites (tertiary alicyclic amines) is 1. The maximum absolute atomic E-state index is 12.7. The summed E-state index contributed by atoms with van der Waals surface area (Å²) in [5, 5.41) is 0. The number of urea groups is 1. The first-order valence-electron chi connectivity index (χ1n) is 9.17. The maximum atomic E-state index is 12.7. The molecule has 2 aliphatic rings. The largest absolute Gasteiger partial charge is 0.368 e. The number of carbonyl (C=O) groups is 3. The molecular formula is C18H29FN4O4. The molecule has 8 nitrogen and oxygen atoms in total. The van der Waals surface area contributed by atoms with Crippen LogP contribution >= 0.6 is 0 Å². The average molecular weight is 384 g/mol. The SMILES string of the molecule is CC(C)C(C(N)=O)N(C)C(=O)N1CCC2(CC1)CN(C(=O)/C=C/CF)CO2. The van der Waals surface area contributed by atoms with Crippen LogP contribution in [0.2, 0.25) is 0 Å². The number of allylic oxidation sites excluding steroid dienone is 1. The summed E-state index contributed by atoms with van der Waals surface area (Å²) in [5.74, 6) is -0.879. The van der Waals surface area contributed by atoms with Crippen LogP contribution in [0.25, 0.3) is 0 Å². The zero-order chi connectivity index (χ0) is 20.2. The molecule has 1 atom stereocenters. The van der Waals surface area contributed by atoms with Crippen LogP contribution < -0.4 is 5.73 Å². The van der Waals surface area contributed by atoms with E-state index < -0.39 is 24.2 Å². The van der Waals surface area contributed by atoms with Crippen molar-refractivity contribution in [2.75, 3.05) is 40.1 Å². The van der Waals surface area contributed by atoms with Crippen molar-refractivity contribution in [1.82, 2.24) is 14.7 Å². The molecule has 0 saturated carbocycles.